The van der Waals surface area contributed by atoms with Crippen molar-refractivity contribution in [1.29, 1.82) is 0 Å². The van der Waals surface area contributed by atoms with E-state index < -0.39 is 8.32 Å². The molecule has 0 spiro atoms. The molecule has 0 aromatic rings. The zero-order chi connectivity index (χ0) is 24.0. The maximum atomic E-state index is 13.3. The van der Waals surface area contributed by atoms with Gasteiger partial charge in [-0.25, -0.2) is 0 Å². The molecule has 0 radical (unpaired) electrons. The molecule has 4 fully saturated rings. The monoisotopic (exact) mass is 472 g/mol. The Hall–Kier alpha value is -0.453. The molecule has 0 bridgehead atoms. The van der Waals surface area contributed by atoms with Gasteiger partial charge in [-0.15, -0.1) is 0 Å². The number of Topliss-reactive ketones (excluding diaryl/α,β-unsaturated/α-hetero) is 1. The fourth-order valence-corrected chi connectivity index (χ4v) is 10.0. The SMILES string of the molecule is C[C@H](C1CO1)[C@H]1C(=O)C[C@H]2[C@@H]3CC=C4C[C@@H](O[Si](C)(C)C(C)(C)C)CC[C@]4(C)[C@H]3CC[C@]12C. The lowest BCUT2D eigenvalue weighted by molar-refractivity contribution is -0.124. The Morgan fingerprint density at radius 1 is 1.12 bits per heavy atom. The number of carbonyl (C=O) groups is 1. The Balaban J connectivity index is 1.35. The van der Waals surface area contributed by atoms with E-state index in [4.69, 9.17) is 9.16 Å². The second kappa shape index (κ2) is 7.77. The van der Waals surface area contributed by atoms with Gasteiger partial charge >= 0.3 is 0 Å². The predicted molar refractivity (Wildman–Crippen MR) is 137 cm³/mol. The third-order valence-corrected chi connectivity index (χ3v) is 16.2. The zero-order valence-corrected chi connectivity index (χ0v) is 23.5. The summed E-state index contributed by atoms with van der Waals surface area (Å²) in [5, 5.41) is 0.266. The van der Waals surface area contributed by atoms with Gasteiger partial charge in [-0.05, 0) is 91.2 Å². The van der Waals surface area contributed by atoms with Crippen molar-refractivity contribution in [3.63, 3.8) is 0 Å². The molecule has 0 aromatic carbocycles. The summed E-state index contributed by atoms with van der Waals surface area (Å²) < 4.78 is 12.5. The second-order valence-electron chi connectivity index (χ2n) is 14.4. The van der Waals surface area contributed by atoms with E-state index in [0.717, 1.165) is 25.4 Å². The van der Waals surface area contributed by atoms with Crippen molar-refractivity contribution in [3.05, 3.63) is 11.6 Å². The number of hydrogen-bond acceptors (Lipinski definition) is 3. The summed E-state index contributed by atoms with van der Waals surface area (Å²) in [6, 6.07) is 0. The number of epoxide rings is 1. The second-order valence-corrected chi connectivity index (χ2v) is 19.2. The molecule has 33 heavy (non-hydrogen) atoms. The van der Waals surface area contributed by atoms with Gasteiger partial charge in [-0.3, -0.25) is 4.79 Å². The summed E-state index contributed by atoms with van der Waals surface area (Å²) in [5.41, 5.74) is 2.17. The van der Waals surface area contributed by atoms with E-state index in [-0.39, 0.29) is 16.4 Å². The topological polar surface area (TPSA) is 38.8 Å². The fourth-order valence-electron chi connectivity index (χ4n) is 8.62. The molecule has 1 saturated heterocycles. The maximum absolute atomic E-state index is 13.3. The Labute approximate surface area is 203 Å². The van der Waals surface area contributed by atoms with Crippen LogP contribution in [-0.2, 0) is 14.0 Å². The van der Waals surface area contributed by atoms with Crippen LogP contribution in [-0.4, -0.2) is 32.9 Å². The van der Waals surface area contributed by atoms with Crippen molar-refractivity contribution in [3.8, 4) is 0 Å². The predicted octanol–water partition coefficient (Wildman–Crippen LogP) is 7.17. The van der Waals surface area contributed by atoms with Crippen molar-refractivity contribution in [1.82, 2.24) is 0 Å². The van der Waals surface area contributed by atoms with Crippen molar-refractivity contribution < 1.29 is 14.0 Å². The van der Waals surface area contributed by atoms with Gasteiger partial charge in [0.1, 0.15) is 5.78 Å². The molecule has 186 valence electrons. The number of ether oxygens (including phenoxy) is 1. The van der Waals surface area contributed by atoms with E-state index in [9.17, 15) is 4.79 Å². The van der Waals surface area contributed by atoms with Gasteiger partial charge in [0.05, 0.1) is 12.7 Å². The number of carbonyl (C=O) groups excluding carboxylic acids is 1. The van der Waals surface area contributed by atoms with Gasteiger partial charge in [0.15, 0.2) is 8.32 Å². The summed E-state index contributed by atoms with van der Waals surface area (Å²) >= 11 is 0. The summed E-state index contributed by atoms with van der Waals surface area (Å²) in [6.07, 6.45) is 11.4. The van der Waals surface area contributed by atoms with Crippen LogP contribution in [0.25, 0.3) is 0 Å². The van der Waals surface area contributed by atoms with Gasteiger partial charge in [-0.2, -0.15) is 0 Å². The number of fused-ring (bicyclic) bond motifs is 5. The van der Waals surface area contributed by atoms with Crippen LogP contribution in [0.5, 0.6) is 0 Å². The lowest BCUT2D eigenvalue weighted by atomic mass is 9.47. The highest BCUT2D eigenvalue weighted by atomic mass is 28.4. The third kappa shape index (κ3) is 3.76. The summed E-state index contributed by atoms with van der Waals surface area (Å²) in [4.78, 5) is 13.3. The molecule has 3 saturated carbocycles. The average Bonchev–Trinajstić information content (AvgIpc) is 3.51. The smallest absolute Gasteiger partial charge is 0.192 e. The highest BCUT2D eigenvalue weighted by Gasteiger charge is 2.63. The van der Waals surface area contributed by atoms with E-state index in [0.29, 0.717) is 41.2 Å². The minimum atomic E-state index is -1.74. The largest absolute Gasteiger partial charge is 0.414 e. The summed E-state index contributed by atoms with van der Waals surface area (Å²) in [7, 11) is -1.74. The van der Waals surface area contributed by atoms with E-state index in [1.165, 1.54) is 32.1 Å². The van der Waals surface area contributed by atoms with Crippen LogP contribution in [0.2, 0.25) is 18.1 Å². The van der Waals surface area contributed by atoms with Crippen molar-refractivity contribution in [2.24, 2.45) is 40.4 Å². The van der Waals surface area contributed by atoms with Gasteiger partial charge < -0.3 is 9.16 Å². The molecular weight excluding hydrogens is 424 g/mol. The number of rotatable bonds is 4. The Kier molecular flexibility index (Phi) is 5.71. The van der Waals surface area contributed by atoms with Crippen LogP contribution in [0.3, 0.4) is 0 Å². The minimum Gasteiger partial charge on any atom is -0.414 e. The quantitative estimate of drug-likeness (QED) is 0.247. The number of allylic oxidation sites excluding steroid dienone is 1. The molecule has 4 aliphatic carbocycles. The first kappa shape index (κ1) is 24.3. The maximum Gasteiger partial charge on any atom is 0.192 e. The Morgan fingerprint density at radius 2 is 1.82 bits per heavy atom. The first-order chi connectivity index (χ1) is 15.3. The molecular formula is C29H48O3Si. The molecule has 0 N–H and O–H groups in total. The third-order valence-electron chi connectivity index (χ3n) is 11.7. The van der Waals surface area contributed by atoms with Crippen LogP contribution in [0.15, 0.2) is 11.6 Å². The molecule has 5 aliphatic rings. The number of hydrogen-bond donors (Lipinski definition) is 0. The normalized spacial score (nSPS) is 46.2. The van der Waals surface area contributed by atoms with Gasteiger partial charge in [0.2, 0.25) is 0 Å². The molecule has 3 nitrogen and oxygen atoms in total. The van der Waals surface area contributed by atoms with Crippen LogP contribution in [0.4, 0.5) is 0 Å². The van der Waals surface area contributed by atoms with Gasteiger partial charge in [0.25, 0.3) is 0 Å². The zero-order valence-electron chi connectivity index (χ0n) is 22.5. The van der Waals surface area contributed by atoms with E-state index in [1.807, 2.05) is 0 Å². The van der Waals surface area contributed by atoms with E-state index in [2.05, 4.69) is 60.7 Å². The fraction of sp³-hybridized carbons (Fsp3) is 0.897. The van der Waals surface area contributed by atoms with E-state index in [1.54, 1.807) is 5.57 Å². The minimum absolute atomic E-state index is 0.175. The molecule has 1 heterocycles. The summed E-state index contributed by atoms with van der Waals surface area (Å²) in [6.45, 7) is 20.0. The molecule has 0 amide bonds. The van der Waals surface area contributed by atoms with Crippen LogP contribution < -0.4 is 0 Å². The van der Waals surface area contributed by atoms with Crippen molar-refractivity contribution >= 4 is 14.1 Å². The van der Waals surface area contributed by atoms with E-state index >= 15 is 0 Å². The molecule has 1 aliphatic heterocycles. The first-order valence-electron chi connectivity index (χ1n) is 13.8. The standard InChI is InChI=1S/C29H48O3Si/c1-18(25-17-31-25)26-24(30)16-23-21-10-9-19-15-20(32-33(7,8)27(2,3)4)11-13-28(19,5)22(21)12-14-29(23,26)6/h9,18,20-23,25-26H,10-17H2,1-8H3/t18-,20+,21-,22+,23+,25?,26+,28+,29+/m1/s1. The van der Waals surface area contributed by atoms with Crippen molar-refractivity contribution in [2.45, 2.75) is 117 Å². The summed E-state index contributed by atoms with van der Waals surface area (Å²) in [5.74, 6) is 3.11. The highest BCUT2D eigenvalue weighted by Crippen LogP contribution is 2.67. The van der Waals surface area contributed by atoms with Crippen LogP contribution in [0, 0.1) is 40.4 Å². The van der Waals surface area contributed by atoms with Crippen LogP contribution >= 0.6 is 0 Å². The first-order valence-corrected chi connectivity index (χ1v) is 16.7. The van der Waals surface area contributed by atoms with Crippen LogP contribution in [0.1, 0.15) is 86.5 Å². The van der Waals surface area contributed by atoms with Crippen molar-refractivity contribution in [2.75, 3.05) is 6.61 Å². The lowest BCUT2D eigenvalue weighted by Crippen LogP contribution is -2.52. The van der Waals surface area contributed by atoms with Gasteiger partial charge in [0, 0.05) is 18.4 Å². The van der Waals surface area contributed by atoms with Gasteiger partial charge in [-0.1, -0.05) is 53.2 Å². The Morgan fingerprint density at radius 3 is 2.45 bits per heavy atom. The average molecular weight is 473 g/mol. The molecule has 9 atom stereocenters. The number of ketones is 1. The molecule has 5 rings (SSSR count). The lowest BCUT2D eigenvalue weighted by Gasteiger charge is -2.58. The molecule has 1 unspecified atom stereocenters. The molecule has 0 aromatic heterocycles. The molecule has 4 heteroatoms. The Bertz CT molecular complexity index is 836. The highest BCUT2D eigenvalue weighted by molar-refractivity contribution is 6.74.